The highest BCUT2D eigenvalue weighted by molar-refractivity contribution is 6.06. The molecular formula is C19H21N3O3. The van der Waals surface area contributed by atoms with E-state index in [-0.39, 0.29) is 17.7 Å². The average Bonchev–Trinajstić information content (AvgIpc) is 3.38. The molecule has 3 rings (SSSR count). The van der Waals surface area contributed by atoms with Gasteiger partial charge in [-0.05, 0) is 42.7 Å². The van der Waals surface area contributed by atoms with Crippen molar-refractivity contribution in [2.75, 3.05) is 24.4 Å². The predicted molar refractivity (Wildman–Crippen MR) is 95.9 cm³/mol. The van der Waals surface area contributed by atoms with Gasteiger partial charge in [0.2, 0.25) is 11.8 Å². The molecule has 0 spiro atoms. The van der Waals surface area contributed by atoms with E-state index in [2.05, 4.69) is 17.2 Å². The molecule has 1 aliphatic carbocycles. The molecule has 6 heteroatoms. The average molecular weight is 339 g/mol. The van der Waals surface area contributed by atoms with Gasteiger partial charge in [-0.3, -0.25) is 9.59 Å². The maximum atomic E-state index is 12.6. The summed E-state index contributed by atoms with van der Waals surface area (Å²) in [5.41, 5.74) is 1.91. The second-order valence-corrected chi connectivity index (χ2v) is 6.31. The number of aromatic nitrogens is 1. The van der Waals surface area contributed by atoms with Crippen LogP contribution in [-0.4, -0.2) is 31.0 Å². The third-order valence-corrected chi connectivity index (χ3v) is 4.47. The molecule has 1 aliphatic rings. The predicted octanol–water partition coefficient (Wildman–Crippen LogP) is 2.96. The van der Waals surface area contributed by atoms with Crippen molar-refractivity contribution in [3.63, 3.8) is 0 Å². The number of ether oxygens (including phenoxy) is 1. The quantitative estimate of drug-likeness (QED) is 0.909. The zero-order chi connectivity index (χ0) is 18.0. The molecule has 1 aromatic carbocycles. The number of benzene rings is 1. The zero-order valence-corrected chi connectivity index (χ0v) is 14.5. The first-order chi connectivity index (χ1) is 12.0. The molecule has 0 unspecified atom stereocenters. The molecule has 1 fully saturated rings. The highest BCUT2D eigenvalue weighted by Crippen LogP contribution is 2.38. The number of rotatable bonds is 5. The molecule has 1 N–H and O–H groups in total. The van der Waals surface area contributed by atoms with Crippen molar-refractivity contribution in [3.8, 4) is 5.88 Å². The van der Waals surface area contributed by atoms with E-state index in [0.29, 0.717) is 28.7 Å². The third kappa shape index (κ3) is 3.79. The summed E-state index contributed by atoms with van der Waals surface area (Å²) in [5, 5.41) is 2.89. The van der Waals surface area contributed by atoms with Crippen LogP contribution in [0.3, 0.4) is 0 Å². The second-order valence-electron chi connectivity index (χ2n) is 6.31. The normalized spacial score (nSPS) is 18.4. The fraction of sp³-hybridized carbons (Fsp3) is 0.316. The topological polar surface area (TPSA) is 71.5 Å². The Balaban J connectivity index is 1.66. The lowest BCUT2D eigenvalue weighted by molar-refractivity contribution is -0.117. The van der Waals surface area contributed by atoms with E-state index < -0.39 is 0 Å². The lowest BCUT2D eigenvalue weighted by atomic mass is 10.1. The number of methoxy groups -OCH3 is 1. The van der Waals surface area contributed by atoms with E-state index in [1.807, 2.05) is 0 Å². The fourth-order valence-electron chi connectivity index (χ4n) is 2.62. The largest absolute Gasteiger partial charge is 0.481 e. The number of amides is 2. The maximum absolute atomic E-state index is 12.6. The van der Waals surface area contributed by atoms with Gasteiger partial charge >= 0.3 is 0 Å². The van der Waals surface area contributed by atoms with Gasteiger partial charge in [0.25, 0.3) is 5.91 Å². The Morgan fingerprint density at radius 3 is 2.40 bits per heavy atom. The zero-order valence-electron chi connectivity index (χ0n) is 14.5. The molecule has 0 saturated heterocycles. The van der Waals surface area contributed by atoms with Gasteiger partial charge in [-0.1, -0.05) is 6.92 Å². The molecule has 0 radical (unpaired) electrons. The van der Waals surface area contributed by atoms with Gasteiger partial charge in [0.1, 0.15) is 0 Å². The molecule has 1 saturated carbocycles. The molecule has 2 amide bonds. The summed E-state index contributed by atoms with van der Waals surface area (Å²) in [6.07, 6.45) is 2.53. The highest BCUT2D eigenvalue weighted by atomic mass is 16.5. The van der Waals surface area contributed by atoms with Crippen LogP contribution in [-0.2, 0) is 4.79 Å². The Hall–Kier alpha value is -2.89. The lowest BCUT2D eigenvalue weighted by Crippen LogP contribution is -2.26. The van der Waals surface area contributed by atoms with Crippen molar-refractivity contribution < 1.29 is 14.3 Å². The number of hydrogen-bond acceptors (Lipinski definition) is 4. The Morgan fingerprint density at radius 2 is 1.88 bits per heavy atom. The second kappa shape index (κ2) is 6.93. The molecule has 2 atom stereocenters. The summed E-state index contributed by atoms with van der Waals surface area (Å²) >= 11 is 0. The van der Waals surface area contributed by atoms with E-state index in [1.165, 1.54) is 4.90 Å². The molecule has 1 aromatic heterocycles. The minimum atomic E-state index is -0.152. The van der Waals surface area contributed by atoms with E-state index in [9.17, 15) is 9.59 Å². The SMILES string of the molecule is COc1ccc(N(C)C(=O)c2ccc(NC(=O)[C@@H]3C[C@H]3C)cc2)cn1. The number of anilines is 2. The van der Waals surface area contributed by atoms with Crippen LogP contribution in [0.4, 0.5) is 11.4 Å². The van der Waals surface area contributed by atoms with Gasteiger partial charge in [0.15, 0.2) is 0 Å². The van der Waals surface area contributed by atoms with Crippen LogP contribution in [0.15, 0.2) is 42.6 Å². The molecule has 0 aliphatic heterocycles. The summed E-state index contributed by atoms with van der Waals surface area (Å²) in [5.74, 6) is 0.978. The standard InChI is InChI=1S/C19H21N3O3/c1-12-10-16(12)18(23)21-14-6-4-13(5-7-14)19(24)22(2)15-8-9-17(25-3)20-11-15/h4-9,11-12,16H,10H2,1-3H3,(H,21,23)/t12-,16-/m1/s1. The van der Waals surface area contributed by atoms with Gasteiger partial charge in [-0.25, -0.2) is 4.98 Å². The summed E-state index contributed by atoms with van der Waals surface area (Å²) < 4.78 is 5.02. The minimum absolute atomic E-state index is 0.0491. The Bertz CT molecular complexity index is 772. The van der Waals surface area contributed by atoms with Crippen LogP contribution < -0.4 is 15.0 Å². The van der Waals surface area contributed by atoms with Crippen molar-refractivity contribution in [2.24, 2.45) is 11.8 Å². The maximum Gasteiger partial charge on any atom is 0.258 e. The lowest BCUT2D eigenvalue weighted by Gasteiger charge is -2.17. The van der Waals surface area contributed by atoms with E-state index >= 15 is 0 Å². The number of nitrogens with zero attached hydrogens (tertiary/aromatic N) is 2. The molecule has 0 bridgehead atoms. The van der Waals surface area contributed by atoms with Crippen molar-refractivity contribution in [1.82, 2.24) is 4.98 Å². The van der Waals surface area contributed by atoms with Crippen LogP contribution in [0.5, 0.6) is 5.88 Å². The van der Waals surface area contributed by atoms with Crippen LogP contribution in [0.2, 0.25) is 0 Å². The first kappa shape index (κ1) is 17.0. The van der Waals surface area contributed by atoms with Crippen molar-refractivity contribution >= 4 is 23.2 Å². The third-order valence-electron chi connectivity index (χ3n) is 4.47. The fourth-order valence-corrected chi connectivity index (χ4v) is 2.62. The Labute approximate surface area is 146 Å². The van der Waals surface area contributed by atoms with Crippen LogP contribution >= 0.6 is 0 Å². The van der Waals surface area contributed by atoms with E-state index in [1.54, 1.807) is 56.8 Å². The van der Waals surface area contributed by atoms with Crippen molar-refractivity contribution in [3.05, 3.63) is 48.2 Å². The molecule has 1 heterocycles. The molecule has 2 aromatic rings. The molecule has 130 valence electrons. The van der Waals surface area contributed by atoms with Crippen LogP contribution in [0.25, 0.3) is 0 Å². The Kier molecular flexibility index (Phi) is 4.70. The van der Waals surface area contributed by atoms with Gasteiger partial charge in [-0.15, -0.1) is 0 Å². The number of carbonyl (C=O) groups excluding carboxylic acids is 2. The Morgan fingerprint density at radius 1 is 1.20 bits per heavy atom. The van der Waals surface area contributed by atoms with Gasteiger partial charge in [0.05, 0.1) is 19.0 Å². The van der Waals surface area contributed by atoms with Crippen molar-refractivity contribution in [1.29, 1.82) is 0 Å². The summed E-state index contributed by atoms with van der Waals surface area (Å²) in [6.45, 7) is 2.07. The highest BCUT2D eigenvalue weighted by Gasteiger charge is 2.39. The van der Waals surface area contributed by atoms with Crippen LogP contribution in [0.1, 0.15) is 23.7 Å². The minimum Gasteiger partial charge on any atom is -0.481 e. The van der Waals surface area contributed by atoms with Gasteiger partial charge in [-0.2, -0.15) is 0 Å². The summed E-state index contributed by atoms with van der Waals surface area (Å²) in [4.78, 5) is 30.1. The number of carbonyl (C=O) groups is 2. The smallest absolute Gasteiger partial charge is 0.258 e. The van der Waals surface area contributed by atoms with Crippen LogP contribution in [0, 0.1) is 11.8 Å². The molecular weight excluding hydrogens is 318 g/mol. The number of pyridine rings is 1. The van der Waals surface area contributed by atoms with Crippen molar-refractivity contribution in [2.45, 2.75) is 13.3 Å². The van der Waals surface area contributed by atoms with E-state index in [0.717, 1.165) is 6.42 Å². The molecule has 25 heavy (non-hydrogen) atoms. The van der Waals surface area contributed by atoms with Gasteiger partial charge < -0.3 is 15.0 Å². The summed E-state index contributed by atoms with van der Waals surface area (Å²) in [6, 6.07) is 10.4. The van der Waals surface area contributed by atoms with E-state index in [4.69, 9.17) is 4.74 Å². The molecule has 6 nitrogen and oxygen atoms in total. The van der Waals surface area contributed by atoms with Gasteiger partial charge in [0, 0.05) is 30.3 Å². The monoisotopic (exact) mass is 339 g/mol. The summed E-state index contributed by atoms with van der Waals surface area (Å²) in [7, 11) is 3.23. The number of hydrogen-bond donors (Lipinski definition) is 1. The first-order valence-electron chi connectivity index (χ1n) is 8.18. The number of nitrogens with one attached hydrogen (secondary N) is 1. The first-order valence-corrected chi connectivity index (χ1v) is 8.18.